The van der Waals surface area contributed by atoms with Crippen molar-refractivity contribution in [3.63, 3.8) is 0 Å². The van der Waals surface area contributed by atoms with Gasteiger partial charge in [0.2, 0.25) is 5.91 Å². The van der Waals surface area contributed by atoms with Gasteiger partial charge in [-0.2, -0.15) is 0 Å². The Hall–Kier alpha value is -2.04. The van der Waals surface area contributed by atoms with Crippen LogP contribution in [0.1, 0.15) is 45.4 Å². The monoisotopic (exact) mass is 344 g/mol. The van der Waals surface area contributed by atoms with Gasteiger partial charge >= 0.3 is 0 Å². The van der Waals surface area contributed by atoms with Crippen molar-refractivity contribution in [1.29, 1.82) is 0 Å². The predicted molar refractivity (Wildman–Crippen MR) is 97.7 cm³/mol. The molecule has 2 unspecified atom stereocenters. The van der Waals surface area contributed by atoms with Crippen LogP contribution in [0.4, 0.5) is 5.69 Å². The minimum atomic E-state index is 0.0255. The Balaban J connectivity index is 1.52. The molecule has 0 spiro atoms. The Labute approximate surface area is 149 Å². The summed E-state index contributed by atoms with van der Waals surface area (Å²) in [6.45, 7) is 3.07. The number of carbonyl (C=O) groups excluding carboxylic acids is 2. The van der Waals surface area contributed by atoms with E-state index in [1.54, 1.807) is 4.90 Å². The first-order valence-corrected chi connectivity index (χ1v) is 9.35. The third kappa shape index (κ3) is 4.14. The van der Waals surface area contributed by atoms with Gasteiger partial charge < -0.3 is 14.5 Å². The molecular formula is C20H28N2O3. The number of benzene rings is 1. The molecule has 2 atom stereocenters. The standard InChI is InChI=1S/C20H28N2O3/c1-15-6-3-4-7-18(15)21(2)20(24)14-25-17-11-9-16(10-12-17)22-13-5-8-19(22)23/h9-12,15,18H,3-8,13-14H2,1-2H3. The van der Waals surface area contributed by atoms with Gasteiger partial charge in [0.1, 0.15) is 5.75 Å². The van der Waals surface area contributed by atoms with Gasteiger partial charge in [-0.1, -0.05) is 19.8 Å². The molecule has 2 aliphatic rings. The smallest absolute Gasteiger partial charge is 0.260 e. The molecule has 25 heavy (non-hydrogen) atoms. The molecule has 1 aliphatic heterocycles. The lowest BCUT2D eigenvalue weighted by Gasteiger charge is -2.36. The number of hydrogen-bond acceptors (Lipinski definition) is 3. The van der Waals surface area contributed by atoms with E-state index in [-0.39, 0.29) is 18.4 Å². The molecule has 1 aromatic rings. The summed E-state index contributed by atoms with van der Waals surface area (Å²) in [6, 6.07) is 7.76. The Morgan fingerprint density at radius 3 is 2.56 bits per heavy atom. The number of hydrogen-bond donors (Lipinski definition) is 0. The molecule has 2 fully saturated rings. The van der Waals surface area contributed by atoms with Crippen LogP contribution in [-0.4, -0.2) is 43.0 Å². The highest BCUT2D eigenvalue weighted by atomic mass is 16.5. The summed E-state index contributed by atoms with van der Waals surface area (Å²) in [4.78, 5) is 27.9. The number of carbonyl (C=O) groups is 2. The molecule has 1 saturated carbocycles. The lowest BCUT2D eigenvalue weighted by molar-refractivity contribution is -0.135. The lowest BCUT2D eigenvalue weighted by Crippen LogP contribution is -2.44. The lowest BCUT2D eigenvalue weighted by atomic mass is 9.85. The van der Waals surface area contributed by atoms with E-state index in [0.717, 1.165) is 25.1 Å². The average Bonchev–Trinajstić information content (AvgIpc) is 3.06. The minimum absolute atomic E-state index is 0.0255. The van der Waals surface area contributed by atoms with Crippen LogP contribution in [0.2, 0.25) is 0 Å². The molecule has 0 radical (unpaired) electrons. The van der Waals surface area contributed by atoms with Crippen LogP contribution in [0.15, 0.2) is 24.3 Å². The van der Waals surface area contributed by atoms with Crippen molar-refractivity contribution in [3.05, 3.63) is 24.3 Å². The van der Waals surface area contributed by atoms with Crippen molar-refractivity contribution in [2.24, 2.45) is 5.92 Å². The summed E-state index contributed by atoms with van der Waals surface area (Å²) >= 11 is 0. The number of nitrogens with zero attached hydrogens (tertiary/aromatic N) is 2. The largest absolute Gasteiger partial charge is 0.484 e. The summed E-state index contributed by atoms with van der Waals surface area (Å²) in [5.41, 5.74) is 0.898. The van der Waals surface area contributed by atoms with Crippen molar-refractivity contribution in [2.75, 3.05) is 25.1 Å². The second-order valence-electron chi connectivity index (χ2n) is 7.27. The molecule has 1 heterocycles. The Morgan fingerprint density at radius 2 is 1.92 bits per heavy atom. The van der Waals surface area contributed by atoms with Crippen molar-refractivity contribution in [3.8, 4) is 5.75 Å². The quantitative estimate of drug-likeness (QED) is 0.824. The first-order chi connectivity index (χ1) is 12.1. The second kappa shape index (κ2) is 7.89. The Morgan fingerprint density at radius 1 is 1.20 bits per heavy atom. The van der Waals surface area contributed by atoms with E-state index in [2.05, 4.69) is 6.92 Å². The highest BCUT2D eigenvalue weighted by molar-refractivity contribution is 5.95. The minimum Gasteiger partial charge on any atom is -0.484 e. The van der Waals surface area contributed by atoms with Gasteiger partial charge in [0.25, 0.3) is 5.91 Å². The molecule has 0 aromatic heterocycles. The summed E-state index contributed by atoms with van der Waals surface area (Å²) in [7, 11) is 1.89. The number of anilines is 1. The average molecular weight is 344 g/mol. The van der Waals surface area contributed by atoms with E-state index >= 15 is 0 Å². The highest BCUT2D eigenvalue weighted by Crippen LogP contribution is 2.28. The summed E-state index contributed by atoms with van der Waals surface area (Å²) in [5.74, 6) is 1.42. The maximum Gasteiger partial charge on any atom is 0.260 e. The Kier molecular flexibility index (Phi) is 5.61. The third-order valence-corrected chi connectivity index (χ3v) is 5.54. The van der Waals surface area contributed by atoms with Crippen molar-refractivity contribution in [2.45, 2.75) is 51.5 Å². The number of likely N-dealkylation sites (N-methyl/N-ethyl adjacent to an activating group) is 1. The van der Waals surface area contributed by atoms with Crippen LogP contribution in [0.25, 0.3) is 0 Å². The van der Waals surface area contributed by atoms with E-state index < -0.39 is 0 Å². The topological polar surface area (TPSA) is 49.9 Å². The Bertz CT molecular complexity index is 614. The van der Waals surface area contributed by atoms with Crippen LogP contribution in [-0.2, 0) is 9.59 Å². The fourth-order valence-electron chi connectivity index (χ4n) is 3.95. The first-order valence-electron chi connectivity index (χ1n) is 9.35. The predicted octanol–water partition coefficient (Wildman–Crippen LogP) is 3.23. The molecular weight excluding hydrogens is 316 g/mol. The second-order valence-corrected chi connectivity index (χ2v) is 7.27. The van der Waals surface area contributed by atoms with E-state index in [1.165, 1.54) is 19.3 Å². The zero-order chi connectivity index (χ0) is 17.8. The van der Waals surface area contributed by atoms with Crippen LogP contribution in [0.5, 0.6) is 5.75 Å². The molecule has 136 valence electrons. The zero-order valence-corrected chi connectivity index (χ0v) is 15.2. The van der Waals surface area contributed by atoms with Crippen LogP contribution in [0, 0.1) is 5.92 Å². The number of rotatable bonds is 5. The van der Waals surface area contributed by atoms with Gasteiger partial charge in [-0.05, 0) is 49.4 Å². The molecule has 1 aromatic carbocycles. The molecule has 5 heteroatoms. The molecule has 2 amide bonds. The molecule has 5 nitrogen and oxygen atoms in total. The van der Waals surface area contributed by atoms with Crippen LogP contribution < -0.4 is 9.64 Å². The normalized spacial score (nSPS) is 23.6. The van der Waals surface area contributed by atoms with Gasteiger partial charge in [-0.15, -0.1) is 0 Å². The van der Waals surface area contributed by atoms with Gasteiger partial charge in [0, 0.05) is 31.7 Å². The van der Waals surface area contributed by atoms with Gasteiger partial charge in [-0.3, -0.25) is 9.59 Å². The number of amides is 2. The summed E-state index contributed by atoms with van der Waals surface area (Å²) in [6.07, 6.45) is 6.28. The molecule has 3 rings (SSSR count). The van der Waals surface area contributed by atoms with Crippen molar-refractivity contribution in [1.82, 2.24) is 4.90 Å². The van der Waals surface area contributed by atoms with Crippen molar-refractivity contribution < 1.29 is 14.3 Å². The first kappa shape index (κ1) is 17.8. The highest BCUT2D eigenvalue weighted by Gasteiger charge is 2.28. The van der Waals surface area contributed by atoms with Gasteiger partial charge in [0.15, 0.2) is 6.61 Å². The summed E-state index contributed by atoms with van der Waals surface area (Å²) < 4.78 is 5.66. The maximum absolute atomic E-state index is 12.4. The maximum atomic E-state index is 12.4. The van der Waals surface area contributed by atoms with E-state index in [9.17, 15) is 9.59 Å². The zero-order valence-electron chi connectivity index (χ0n) is 15.2. The van der Waals surface area contributed by atoms with E-state index in [1.807, 2.05) is 36.2 Å². The SMILES string of the molecule is CC1CCCCC1N(C)C(=O)COc1ccc(N2CCCC2=O)cc1. The molecule has 1 aliphatic carbocycles. The van der Waals surface area contributed by atoms with Gasteiger partial charge in [0.05, 0.1) is 0 Å². The van der Waals surface area contributed by atoms with Crippen LogP contribution in [0.3, 0.4) is 0 Å². The molecule has 1 saturated heterocycles. The van der Waals surface area contributed by atoms with Crippen molar-refractivity contribution >= 4 is 17.5 Å². The van der Waals surface area contributed by atoms with Gasteiger partial charge in [-0.25, -0.2) is 0 Å². The van der Waals surface area contributed by atoms with Crippen LogP contribution >= 0.6 is 0 Å². The van der Waals surface area contributed by atoms with E-state index in [0.29, 0.717) is 24.1 Å². The third-order valence-electron chi connectivity index (χ3n) is 5.54. The molecule has 0 N–H and O–H groups in total. The number of ether oxygens (including phenoxy) is 1. The summed E-state index contributed by atoms with van der Waals surface area (Å²) in [5, 5.41) is 0. The fourth-order valence-corrected chi connectivity index (χ4v) is 3.95. The van der Waals surface area contributed by atoms with E-state index in [4.69, 9.17) is 4.74 Å². The fraction of sp³-hybridized carbons (Fsp3) is 0.600. The molecule has 0 bridgehead atoms.